The predicted octanol–water partition coefficient (Wildman–Crippen LogP) is 1.69. The number of aliphatic carboxylic acids is 1. The lowest BCUT2D eigenvalue weighted by molar-refractivity contribution is -0.142. The Balaban J connectivity index is 2.28. The molecule has 17 heavy (non-hydrogen) atoms. The number of hydrogen-bond donors (Lipinski definition) is 2. The summed E-state index contributed by atoms with van der Waals surface area (Å²) in [5.41, 5.74) is 4.64. The van der Waals surface area contributed by atoms with Gasteiger partial charge in [-0.3, -0.25) is 4.79 Å². The highest BCUT2D eigenvalue weighted by molar-refractivity contribution is 5.77. The normalized spacial score (nSPS) is 19.6. The lowest BCUT2D eigenvalue weighted by atomic mass is 9.97. The lowest BCUT2D eigenvalue weighted by Gasteiger charge is -2.28. The van der Waals surface area contributed by atoms with E-state index in [0.717, 1.165) is 25.4 Å². The molecule has 3 N–H and O–H groups in total. The van der Waals surface area contributed by atoms with E-state index in [4.69, 9.17) is 10.8 Å². The smallest absolute Gasteiger partial charge is 0.323 e. The van der Waals surface area contributed by atoms with Crippen molar-refractivity contribution in [2.24, 2.45) is 11.7 Å². The summed E-state index contributed by atoms with van der Waals surface area (Å²) in [5.74, 6) is -0.0306. The van der Waals surface area contributed by atoms with Crippen molar-refractivity contribution in [1.82, 2.24) is 4.90 Å². The van der Waals surface area contributed by atoms with Crippen molar-refractivity contribution in [3.05, 3.63) is 0 Å². The van der Waals surface area contributed by atoms with E-state index >= 15 is 0 Å². The van der Waals surface area contributed by atoms with Gasteiger partial charge in [-0.25, -0.2) is 0 Å². The van der Waals surface area contributed by atoms with Crippen molar-refractivity contribution in [3.63, 3.8) is 0 Å². The molecule has 0 spiro atoms. The summed E-state index contributed by atoms with van der Waals surface area (Å²) in [4.78, 5) is 13.3. The first-order chi connectivity index (χ1) is 7.83. The second-order valence-corrected chi connectivity index (χ2v) is 5.86. The van der Waals surface area contributed by atoms with Crippen molar-refractivity contribution in [2.75, 3.05) is 13.1 Å². The van der Waals surface area contributed by atoms with Crippen LogP contribution in [0.1, 0.15) is 46.5 Å². The number of carboxylic acids is 1. The first-order valence-corrected chi connectivity index (χ1v) is 6.59. The molecule has 0 heterocycles. The molecular formula is C13H26N2O2. The minimum absolute atomic E-state index is 0.532. The first kappa shape index (κ1) is 14.5. The first-order valence-electron chi connectivity index (χ1n) is 6.59. The Hall–Kier alpha value is -0.610. The van der Waals surface area contributed by atoms with Gasteiger partial charge in [0.05, 0.1) is 0 Å². The molecule has 0 saturated heterocycles. The van der Waals surface area contributed by atoms with Crippen LogP contribution in [0, 0.1) is 5.92 Å². The molecular weight excluding hydrogens is 216 g/mol. The van der Waals surface area contributed by atoms with Crippen molar-refractivity contribution in [1.29, 1.82) is 0 Å². The quantitative estimate of drug-likeness (QED) is 0.679. The zero-order valence-corrected chi connectivity index (χ0v) is 11.3. The molecule has 1 rings (SSSR count). The van der Waals surface area contributed by atoms with Crippen molar-refractivity contribution in [3.8, 4) is 0 Å². The monoisotopic (exact) mass is 242 g/mol. The van der Waals surface area contributed by atoms with Gasteiger partial charge in [0, 0.05) is 12.6 Å². The maximum Gasteiger partial charge on any atom is 0.323 e. The predicted molar refractivity (Wildman–Crippen MR) is 68.9 cm³/mol. The van der Waals surface area contributed by atoms with Crippen LogP contribution >= 0.6 is 0 Å². The summed E-state index contributed by atoms with van der Waals surface area (Å²) in [6.07, 6.45) is 4.10. The van der Waals surface area contributed by atoms with E-state index in [9.17, 15) is 4.79 Å². The Bertz CT molecular complexity index is 260. The molecule has 100 valence electrons. The SMILES string of the molecule is CC(C)N(CCCC(C)(N)C(=O)O)CC1CC1. The van der Waals surface area contributed by atoms with Crippen LogP contribution in [0.4, 0.5) is 0 Å². The Morgan fingerprint density at radius 2 is 2.12 bits per heavy atom. The van der Waals surface area contributed by atoms with Crippen molar-refractivity contribution < 1.29 is 9.90 Å². The maximum absolute atomic E-state index is 10.9. The van der Waals surface area contributed by atoms with Crippen LogP contribution in [0.15, 0.2) is 0 Å². The van der Waals surface area contributed by atoms with Gasteiger partial charge in [-0.1, -0.05) is 0 Å². The van der Waals surface area contributed by atoms with Gasteiger partial charge in [-0.2, -0.15) is 0 Å². The maximum atomic E-state index is 10.9. The van der Waals surface area contributed by atoms with Gasteiger partial charge in [0.25, 0.3) is 0 Å². The number of carboxylic acid groups (broad SMARTS) is 1. The van der Waals surface area contributed by atoms with Gasteiger partial charge in [-0.15, -0.1) is 0 Å². The Kier molecular flexibility index (Phi) is 4.95. The molecule has 0 aromatic carbocycles. The van der Waals surface area contributed by atoms with Crippen LogP contribution in [0.25, 0.3) is 0 Å². The van der Waals surface area contributed by atoms with Gasteiger partial charge >= 0.3 is 5.97 Å². The molecule has 0 aliphatic heterocycles. The second kappa shape index (κ2) is 5.83. The van der Waals surface area contributed by atoms with E-state index < -0.39 is 11.5 Å². The van der Waals surface area contributed by atoms with Gasteiger partial charge in [0.2, 0.25) is 0 Å². The van der Waals surface area contributed by atoms with Crippen LogP contribution < -0.4 is 5.73 Å². The molecule has 0 aromatic rings. The number of hydrogen-bond acceptors (Lipinski definition) is 3. The largest absolute Gasteiger partial charge is 0.480 e. The van der Waals surface area contributed by atoms with E-state index in [1.165, 1.54) is 12.8 Å². The molecule has 4 heteroatoms. The number of nitrogens with two attached hydrogens (primary N) is 1. The molecule has 0 amide bonds. The molecule has 1 atom stereocenters. The third-order valence-electron chi connectivity index (χ3n) is 3.55. The Morgan fingerprint density at radius 3 is 2.53 bits per heavy atom. The zero-order chi connectivity index (χ0) is 13.1. The highest BCUT2D eigenvalue weighted by atomic mass is 16.4. The van der Waals surface area contributed by atoms with E-state index in [-0.39, 0.29) is 0 Å². The van der Waals surface area contributed by atoms with Gasteiger partial charge in [0.1, 0.15) is 5.54 Å². The molecule has 1 saturated carbocycles. The highest BCUT2D eigenvalue weighted by Crippen LogP contribution is 2.30. The van der Waals surface area contributed by atoms with E-state index in [1.54, 1.807) is 6.92 Å². The topological polar surface area (TPSA) is 66.6 Å². The fourth-order valence-electron chi connectivity index (χ4n) is 1.95. The summed E-state index contributed by atoms with van der Waals surface area (Å²) >= 11 is 0. The van der Waals surface area contributed by atoms with Crippen LogP contribution in [-0.2, 0) is 4.79 Å². The Morgan fingerprint density at radius 1 is 1.53 bits per heavy atom. The molecule has 0 radical (unpaired) electrons. The van der Waals surface area contributed by atoms with E-state index in [1.807, 2.05) is 0 Å². The van der Waals surface area contributed by atoms with Crippen LogP contribution in [-0.4, -0.2) is 40.6 Å². The van der Waals surface area contributed by atoms with Gasteiger partial charge in [0.15, 0.2) is 0 Å². The minimum Gasteiger partial charge on any atom is -0.480 e. The fourth-order valence-corrected chi connectivity index (χ4v) is 1.95. The number of carbonyl (C=O) groups is 1. The minimum atomic E-state index is -1.08. The van der Waals surface area contributed by atoms with Crippen LogP contribution in [0.5, 0.6) is 0 Å². The standard InChI is InChI=1S/C13H26N2O2/c1-10(2)15(9-11-5-6-11)8-4-7-13(3,14)12(16)17/h10-11H,4-9,14H2,1-3H3,(H,16,17). The van der Waals surface area contributed by atoms with Crippen molar-refractivity contribution in [2.45, 2.75) is 58.0 Å². The van der Waals surface area contributed by atoms with Crippen LogP contribution in [0.3, 0.4) is 0 Å². The van der Waals surface area contributed by atoms with Crippen LogP contribution in [0.2, 0.25) is 0 Å². The lowest BCUT2D eigenvalue weighted by Crippen LogP contribution is -2.45. The second-order valence-electron chi connectivity index (χ2n) is 5.86. The van der Waals surface area contributed by atoms with E-state index in [2.05, 4.69) is 18.7 Å². The Labute approximate surface area is 104 Å². The third-order valence-corrected chi connectivity index (χ3v) is 3.55. The zero-order valence-electron chi connectivity index (χ0n) is 11.3. The molecule has 1 aliphatic rings. The third kappa shape index (κ3) is 5.04. The summed E-state index contributed by atoms with van der Waals surface area (Å²) in [6.45, 7) is 8.10. The summed E-state index contributed by atoms with van der Waals surface area (Å²) in [6, 6.07) is 0.532. The molecule has 1 aliphatic carbocycles. The number of rotatable bonds is 8. The molecule has 1 unspecified atom stereocenters. The molecule has 1 fully saturated rings. The summed E-state index contributed by atoms with van der Waals surface area (Å²) in [7, 11) is 0. The van der Waals surface area contributed by atoms with Gasteiger partial charge in [-0.05, 0) is 58.9 Å². The molecule has 0 bridgehead atoms. The highest BCUT2D eigenvalue weighted by Gasteiger charge is 2.29. The number of nitrogens with zero attached hydrogens (tertiary/aromatic N) is 1. The molecule has 4 nitrogen and oxygen atoms in total. The average Bonchev–Trinajstić information content (AvgIpc) is 2.99. The molecule has 0 aromatic heterocycles. The average molecular weight is 242 g/mol. The fraction of sp³-hybridized carbons (Fsp3) is 0.923. The van der Waals surface area contributed by atoms with Gasteiger partial charge < -0.3 is 15.7 Å². The summed E-state index contributed by atoms with van der Waals surface area (Å²) < 4.78 is 0. The van der Waals surface area contributed by atoms with E-state index in [0.29, 0.717) is 12.5 Å². The van der Waals surface area contributed by atoms with Crippen molar-refractivity contribution >= 4 is 5.97 Å². The summed E-state index contributed by atoms with van der Waals surface area (Å²) in [5, 5.41) is 8.93.